The third-order valence-corrected chi connectivity index (χ3v) is 6.05. The zero-order valence-corrected chi connectivity index (χ0v) is 18.2. The lowest BCUT2D eigenvalue weighted by atomic mass is 9.96. The highest BCUT2D eigenvalue weighted by Crippen LogP contribution is 2.37. The van der Waals surface area contributed by atoms with Crippen molar-refractivity contribution < 1.29 is 9.53 Å². The van der Waals surface area contributed by atoms with Gasteiger partial charge in [-0.2, -0.15) is 0 Å². The smallest absolute Gasteiger partial charge is 0.320 e. The van der Waals surface area contributed by atoms with Crippen molar-refractivity contribution in [1.29, 1.82) is 0 Å². The Morgan fingerprint density at radius 3 is 2.40 bits per heavy atom. The molecule has 4 nitrogen and oxygen atoms in total. The fourth-order valence-corrected chi connectivity index (χ4v) is 4.30. The SMILES string of the molecule is C=CC[C@@H](CCCCOCc1ccccc1)N1C(=O)N(C)[C@@H](C)[C@H]1c1ccccc1. The van der Waals surface area contributed by atoms with Gasteiger partial charge < -0.3 is 14.5 Å². The second-order valence-corrected chi connectivity index (χ2v) is 8.11. The number of rotatable bonds is 11. The van der Waals surface area contributed by atoms with E-state index >= 15 is 0 Å². The maximum atomic E-state index is 13.1. The highest BCUT2D eigenvalue weighted by Gasteiger charge is 2.44. The standard InChI is InChI=1S/C26H34N2O2/c1-4-13-24(18-11-12-19-30-20-22-14-7-5-8-15-22)28-25(21(2)27(3)26(28)29)23-16-9-6-10-17-23/h4-10,14-17,21,24-25H,1,11-13,18-20H2,2-3H3/t21-,24-,25-/m0/s1. The molecule has 4 heteroatoms. The zero-order valence-electron chi connectivity index (χ0n) is 18.2. The number of ether oxygens (including phenoxy) is 1. The summed E-state index contributed by atoms with van der Waals surface area (Å²) in [6, 6.07) is 21.1. The molecule has 2 amide bonds. The van der Waals surface area contributed by atoms with Crippen molar-refractivity contribution in [1.82, 2.24) is 9.80 Å². The van der Waals surface area contributed by atoms with Crippen LogP contribution in [0, 0.1) is 0 Å². The largest absolute Gasteiger partial charge is 0.377 e. The summed E-state index contributed by atoms with van der Waals surface area (Å²) in [5, 5.41) is 0. The van der Waals surface area contributed by atoms with Gasteiger partial charge in [0.25, 0.3) is 0 Å². The summed E-state index contributed by atoms with van der Waals surface area (Å²) in [4.78, 5) is 17.1. The number of carbonyl (C=O) groups is 1. The lowest BCUT2D eigenvalue weighted by Gasteiger charge is -2.33. The molecule has 3 rings (SSSR count). The van der Waals surface area contributed by atoms with Crippen LogP contribution in [0.5, 0.6) is 0 Å². The number of unbranched alkanes of at least 4 members (excludes halogenated alkanes) is 1. The van der Waals surface area contributed by atoms with Crippen LogP contribution in [0.15, 0.2) is 73.3 Å². The monoisotopic (exact) mass is 406 g/mol. The summed E-state index contributed by atoms with van der Waals surface area (Å²) in [5.74, 6) is 0. The number of carbonyl (C=O) groups excluding carboxylic acids is 1. The first kappa shape index (κ1) is 22.1. The van der Waals surface area contributed by atoms with E-state index < -0.39 is 0 Å². The van der Waals surface area contributed by atoms with Crippen molar-refractivity contribution in [2.75, 3.05) is 13.7 Å². The molecule has 0 unspecified atom stereocenters. The molecule has 2 aromatic carbocycles. The van der Waals surface area contributed by atoms with E-state index in [1.807, 2.05) is 42.3 Å². The Morgan fingerprint density at radius 1 is 1.07 bits per heavy atom. The summed E-state index contributed by atoms with van der Waals surface area (Å²) in [7, 11) is 1.91. The van der Waals surface area contributed by atoms with Crippen LogP contribution >= 0.6 is 0 Å². The van der Waals surface area contributed by atoms with Gasteiger partial charge in [-0.05, 0) is 43.7 Å². The molecule has 2 aromatic rings. The summed E-state index contributed by atoms with van der Waals surface area (Å²) in [5.41, 5.74) is 2.40. The van der Waals surface area contributed by atoms with Gasteiger partial charge in [-0.3, -0.25) is 0 Å². The number of hydrogen-bond acceptors (Lipinski definition) is 2. The molecule has 3 atom stereocenters. The number of benzene rings is 2. The maximum Gasteiger partial charge on any atom is 0.320 e. The van der Waals surface area contributed by atoms with Crippen molar-refractivity contribution in [2.45, 2.75) is 57.3 Å². The molecule has 1 aliphatic rings. The van der Waals surface area contributed by atoms with Crippen LogP contribution in [0.3, 0.4) is 0 Å². The van der Waals surface area contributed by atoms with Gasteiger partial charge in [0.05, 0.1) is 18.7 Å². The van der Waals surface area contributed by atoms with Crippen molar-refractivity contribution in [3.63, 3.8) is 0 Å². The van der Waals surface area contributed by atoms with E-state index in [2.05, 4.69) is 54.8 Å². The molecule has 0 saturated carbocycles. The molecule has 1 aliphatic heterocycles. The minimum absolute atomic E-state index is 0.0722. The zero-order chi connectivity index (χ0) is 21.3. The Hall–Kier alpha value is -2.59. The summed E-state index contributed by atoms with van der Waals surface area (Å²) < 4.78 is 5.82. The Labute approximate surface area is 181 Å². The van der Waals surface area contributed by atoms with E-state index in [1.54, 1.807) is 0 Å². The quantitative estimate of drug-likeness (QED) is 0.348. The maximum absolute atomic E-state index is 13.1. The summed E-state index contributed by atoms with van der Waals surface area (Å²) >= 11 is 0. The van der Waals surface area contributed by atoms with Gasteiger partial charge in [-0.25, -0.2) is 4.79 Å². The minimum Gasteiger partial charge on any atom is -0.377 e. The van der Waals surface area contributed by atoms with Crippen molar-refractivity contribution in [3.8, 4) is 0 Å². The predicted molar refractivity (Wildman–Crippen MR) is 122 cm³/mol. The van der Waals surface area contributed by atoms with Gasteiger partial charge in [0.2, 0.25) is 0 Å². The first-order chi connectivity index (χ1) is 14.6. The van der Waals surface area contributed by atoms with E-state index in [1.165, 1.54) is 11.1 Å². The van der Waals surface area contributed by atoms with Crippen molar-refractivity contribution in [3.05, 3.63) is 84.4 Å². The van der Waals surface area contributed by atoms with Gasteiger partial charge >= 0.3 is 6.03 Å². The van der Waals surface area contributed by atoms with Gasteiger partial charge in [-0.1, -0.05) is 66.7 Å². The molecule has 0 N–H and O–H groups in total. The number of likely N-dealkylation sites (N-methyl/N-ethyl adjacent to an activating group) is 1. The van der Waals surface area contributed by atoms with Crippen LogP contribution in [0.2, 0.25) is 0 Å². The highest BCUT2D eigenvalue weighted by atomic mass is 16.5. The Balaban J connectivity index is 1.58. The molecule has 1 fully saturated rings. The Kier molecular flexibility index (Phi) is 8.09. The normalized spacial score (nSPS) is 19.9. The predicted octanol–water partition coefficient (Wildman–Crippen LogP) is 5.82. The minimum atomic E-state index is 0.0722. The molecule has 0 bridgehead atoms. The van der Waals surface area contributed by atoms with E-state index in [4.69, 9.17) is 4.74 Å². The lowest BCUT2D eigenvalue weighted by Crippen LogP contribution is -2.39. The molecule has 160 valence electrons. The number of urea groups is 1. The van der Waals surface area contributed by atoms with Crippen LogP contribution in [0.1, 0.15) is 49.8 Å². The fourth-order valence-electron chi connectivity index (χ4n) is 4.30. The lowest BCUT2D eigenvalue weighted by molar-refractivity contribution is 0.113. The molecule has 30 heavy (non-hydrogen) atoms. The Bertz CT molecular complexity index is 793. The molecule has 0 aromatic heterocycles. The van der Waals surface area contributed by atoms with E-state index in [0.29, 0.717) is 6.61 Å². The Morgan fingerprint density at radius 2 is 1.73 bits per heavy atom. The molecular weight excluding hydrogens is 372 g/mol. The molecule has 0 aliphatic carbocycles. The van der Waals surface area contributed by atoms with Crippen LogP contribution in [-0.4, -0.2) is 41.6 Å². The topological polar surface area (TPSA) is 32.8 Å². The first-order valence-corrected chi connectivity index (χ1v) is 11.0. The van der Waals surface area contributed by atoms with Crippen LogP contribution < -0.4 is 0 Å². The summed E-state index contributed by atoms with van der Waals surface area (Å²) in [6.07, 6.45) is 5.71. The van der Waals surface area contributed by atoms with E-state index in [9.17, 15) is 4.79 Å². The van der Waals surface area contributed by atoms with Crippen LogP contribution in [-0.2, 0) is 11.3 Å². The third kappa shape index (κ3) is 5.31. The van der Waals surface area contributed by atoms with Crippen LogP contribution in [0.25, 0.3) is 0 Å². The first-order valence-electron chi connectivity index (χ1n) is 11.0. The molecule has 1 heterocycles. The summed E-state index contributed by atoms with van der Waals surface area (Å²) in [6.45, 7) is 7.48. The van der Waals surface area contributed by atoms with Crippen LogP contribution in [0.4, 0.5) is 4.79 Å². The average molecular weight is 407 g/mol. The van der Waals surface area contributed by atoms with Gasteiger partial charge in [0.1, 0.15) is 0 Å². The van der Waals surface area contributed by atoms with Gasteiger partial charge in [0, 0.05) is 19.7 Å². The molecule has 0 radical (unpaired) electrons. The number of amides is 2. The number of nitrogens with zero attached hydrogens (tertiary/aromatic N) is 2. The molecular formula is C26H34N2O2. The second kappa shape index (κ2) is 11.0. The van der Waals surface area contributed by atoms with Gasteiger partial charge in [-0.15, -0.1) is 6.58 Å². The molecule has 1 saturated heterocycles. The number of hydrogen-bond donors (Lipinski definition) is 0. The van der Waals surface area contributed by atoms with E-state index in [0.717, 1.165) is 32.3 Å². The van der Waals surface area contributed by atoms with Crippen molar-refractivity contribution in [2.24, 2.45) is 0 Å². The molecule has 0 spiro atoms. The second-order valence-electron chi connectivity index (χ2n) is 8.11. The third-order valence-electron chi connectivity index (χ3n) is 6.05. The van der Waals surface area contributed by atoms with Crippen molar-refractivity contribution >= 4 is 6.03 Å². The van der Waals surface area contributed by atoms with Gasteiger partial charge in [0.15, 0.2) is 0 Å². The van der Waals surface area contributed by atoms with E-state index in [-0.39, 0.29) is 24.2 Å². The fraction of sp³-hybridized carbons (Fsp3) is 0.423. The highest BCUT2D eigenvalue weighted by molar-refractivity contribution is 5.78. The average Bonchev–Trinajstić information content (AvgIpc) is 3.00.